The number of aliphatic hydroxyl groups excluding tert-OH is 1. The van der Waals surface area contributed by atoms with Gasteiger partial charge >= 0.3 is 6.18 Å². The van der Waals surface area contributed by atoms with Gasteiger partial charge in [0.05, 0.1) is 24.1 Å². The minimum atomic E-state index is -4.67. The lowest BCUT2D eigenvalue weighted by molar-refractivity contribution is -0.138. The van der Waals surface area contributed by atoms with E-state index in [0.717, 1.165) is 29.5 Å². The molecule has 1 aliphatic carbocycles. The first-order valence-corrected chi connectivity index (χ1v) is 13.5. The number of hydrogen-bond acceptors (Lipinski definition) is 8. The topological polar surface area (TPSA) is 142 Å². The SMILES string of the molecule is Cc1ccc(NC(=O)c2cc(C(F)(F)F)cnn2)cc1-c1cc(N[C@H](C)CO)cc(-c2cc(NC(=O)C3CC3)ncn2)c1. The van der Waals surface area contributed by atoms with Crippen molar-refractivity contribution in [2.24, 2.45) is 5.92 Å². The highest BCUT2D eigenvalue weighted by Gasteiger charge is 2.32. The first kappa shape index (κ1) is 29.6. The van der Waals surface area contributed by atoms with Crippen LogP contribution in [0, 0.1) is 12.8 Å². The summed E-state index contributed by atoms with van der Waals surface area (Å²) in [6, 6.07) is 12.8. The molecule has 4 N–H and O–H groups in total. The third-order valence-corrected chi connectivity index (χ3v) is 6.80. The number of carbonyl (C=O) groups excluding carboxylic acids is 2. The Kier molecular flexibility index (Phi) is 8.35. The second kappa shape index (κ2) is 12.1. The van der Waals surface area contributed by atoms with Crippen LogP contribution < -0.4 is 16.0 Å². The summed E-state index contributed by atoms with van der Waals surface area (Å²) < 4.78 is 39.3. The lowest BCUT2D eigenvalue weighted by atomic mass is 9.96. The molecular weight excluding hydrogens is 563 g/mol. The summed E-state index contributed by atoms with van der Waals surface area (Å²) in [5, 5.41) is 25.2. The standard InChI is InChI=1S/C30H28F3N7O3/c1-16-3-6-22(38-29(43)26-10-21(13-36-40-26)30(31,32)33)11-24(16)19-7-20(9-23(8-19)37-17(2)14-41)25-12-27(35-15-34-25)39-28(42)18-4-5-18/h3,6-13,15,17-18,37,41H,4-5,14H2,1-2H3,(H,38,43)(H,34,35,39,42)/t17-/m1/s1. The van der Waals surface area contributed by atoms with Crippen molar-refractivity contribution in [3.63, 3.8) is 0 Å². The second-order valence-corrected chi connectivity index (χ2v) is 10.4. The van der Waals surface area contributed by atoms with Crippen molar-refractivity contribution in [2.75, 3.05) is 22.6 Å². The molecule has 10 nitrogen and oxygen atoms in total. The van der Waals surface area contributed by atoms with Crippen molar-refractivity contribution in [1.29, 1.82) is 0 Å². The lowest BCUT2D eigenvalue weighted by Gasteiger charge is -2.17. The van der Waals surface area contributed by atoms with Gasteiger partial charge in [0.2, 0.25) is 5.91 Å². The number of amides is 2. The van der Waals surface area contributed by atoms with Gasteiger partial charge in [-0.2, -0.15) is 18.3 Å². The summed E-state index contributed by atoms with van der Waals surface area (Å²) in [6.45, 7) is 3.59. The van der Waals surface area contributed by atoms with Crippen LogP contribution in [0.3, 0.4) is 0 Å². The fourth-order valence-corrected chi connectivity index (χ4v) is 4.34. The van der Waals surface area contributed by atoms with Gasteiger partial charge in [-0.3, -0.25) is 9.59 Å². The van der Waals surface area contributed by atoms with Crippen molar-refractivity contribution in [3.05, 3.63) is 77.9 Å². The van der Waals surface area contributed by atoms with Crippen molar-refractivity contribution < 1.29 is 27.9 Å². The number of nitrogens with one attached hydrogen (secondary N) is 3. The number of halogens is 3. The van der Waals surface area contributed by atoms with E-state index < -0.39 is 23.3 Å². The third-order valence-electron chi connectivity index (χ3n) is 6.80. The highest BCUT2D eigenvalue weighted by Crippen LogP contribution is 2.35. The Balaban J connectivity index is 1.48. The van der Waals surface area contributed by atoms with E-state index in [1.807, 2.05) is 32.0 Å². The molecule has 0 aliphatic heterocycles. The third kappa shape index (κ3) is 7.30. The van der Waals surface area contributed by atoms with Gasteiger partial charge in [-0.1, -0.05) is 6.07 Å². The molecule has 0 spiro atoms. The first-order valence-electron chi connectivity index (χ1n) is 13.5. The summed E-state index contributed by atoms with van der Waals surface area (Å²) in [7, 11) is 0. The largest absolute Gasteiger partial charge is 0.418 e. The van der Waals surface area contributed by atoms with E-state index in [0.29, 0.717) is 40.7 Å². The van der Waals surface area contributed by atoms with Crippen molar-refractivity contribution >= 4 is 29.0 Å². The number of alkyl halides is 3. The van der Waals surface area contributed by atoms with Gasteiger partial charge in [0, 0.05) is 35.0 Å². The number of hydrogen-bond donors (Lipinski definition) is 4. The molecule has 13 heteroatoms. The number of anilines is 3. The average molecular weight is 592 g/mol. The smallest absolute Gasteiger partial charge is 0.394 e. The number of aliphatic hydroxyl groups is 1. The molecule has 2 aromatic carbocycles. The summed E-state index contributed by atoms with van der Waals surface area (Å²) in [5.41, 5.74) is 3.03. The number of aromatic nitrogens is 4. The molecular formula is C30H28F3N7O3. The Labute approximate surface area is 244 Å². The van der Waals surface area contributed by atoms with Crippen LogP contribution in [0.25, 0.3) is 22.4 Å². The molecule has 222 valence electrons. The highest BCUT2D eigenvalue weighted by molar-refractivity contribution is 6.03. The zero-order valence-electron chi connectivity index (χ0n) is 23.2. The Bertz CT molecular complexity index is 1680. The number of benzene rings is 2. The van der Waals surface area contributed by atoms with Gasteiger partial charge < -0.3 is 21.1 Å². The molecule has 0 saturated heterocycles. The van der Waals surface area contributed by atoms with Crippen molar-refractivity contribution in [1.82, 2.24) is 20.2 Å². The molecule has 1 aliphatic rings. The van der Waals surface area contributed by atoms with Crippen LogP contribution in [-0.2, 0) is 11.0 Å². The predicted octanol–water partition coefficient (Wildman–Crippen LogP) is 5.32. The summed E-state index contributed by atoms with van der Waals surface area (Å²) in [4.78, 5) is 33.6. The molecule has 1 atom stereocenters. The maximum absolute atomic E-state index is 13.1. The van der Waals surface area contributed by atoms with Gasteiger partial charge in [-0.25, -0.2) is 9.97 Å². The van der Waals surface area contributed by atoms with Crippen LogP contribution in [0.4, 0.5) is 30.4 Å². The Morgan fingerprint density at radius 3 is 2.49 bits per heavy atom. The maximum atomic E-state index is 13.1. The quantitative estimate of drug-likeness (QED) is 0.205. The van der Waals surface area contributed by atoms with E-state index in [9.17, 15) is 27.9 Å². The molecule has 2 heterocycles. The zero-order chi connectivity index (χ0) is 30.7. The predicted molar refractivity (Wildman–Crippen MR) is 154 cm³/mol. The summed E-state index contributed by atoms with van der Waals surface area (Å²) in [5.74, 6) is -0.538. The highest BCUT2D eigenvalue weighted by atomic mass is 19.4. The van der Waals surface area contributed by atoms with Crippen LogP contribution in [0.1, 0.15) is 41.4 Å². The van der Waals surface area contributed by atoms with Crippen LogP contribution in [-0.4, -0.2) is 49.7 Å². The van der Waals surface area contributed by atoms with Crippen LogP contribution >= 0.6 is 0 Å². The van der Waals surface area contributed by atoms with Crippen molar-refractivity contribution in [2.45, 2.75) is 38.9 Å². The van der Waals surface area contributed by atoms with Gasteiger partial charge in [0.15, 0.2) is 5.69 Å². The van der Waals surface area contributed by atoms with Crippen molar-refractivity contribution in [3.8, 4) is 22.4 Å². The number of carbonyl (C=O) groups is 2. The molecule has 1 fully saturated rings. The molecule has 2 amide bonds. The van der Waals surface area contributed by atoms with Crippen LogP contribution in [0.5, 0.6) is 0 Å². The Hall–Kier alpha value is -4.91. The van der Waals surface area contributed by atoms with E-state index in [4.69, 9.17) is 0 Å². The average Bonchev–Trinajstić information content (AvgIpc) is 3.84. The van der Waals surface area contributed by atoms with Crippen LogP contribution in [0.2, 0.25) is 0 Å². The monoisotopic (exact) mass is 591 g/mol. The van der Waals surface area contributed by atoms with Crippen LogP contribution in [0.15, 0.2) is 61.1 Å². The fourth-order valence-electron chi connectivity index (χ4n) is 4.34. The molecule has 0 unspecified atom stereocenters. The number of aryl methyl sites for hydroxylation is 1. The van der Waals surface area contributed by atoms with E-state index in [1.165, 1.54) is 6.33 Å². The van der Waals surface area contributed by atoms with E-state index >= 15 is 0 Å². The molecule has 43 heavy (non-hydrogen) atoms. The van der Waals surface area contributed by atoms with Gasteiger partial charge in [0.1, 0.15) is 12.1 Å². The van der Waals surface area contributed by atoms with Gasteiger partial charge in [0.25, 0.3) is 5.91 Å². The van der Waals surface area contributed by atoms with E-state index in [-0.39, 0.29) is 24.5 Å². The zero-order valence-corrected chi connectivity index (χ0v) is 23.2. The van der Waals surface area contributed by atoms with Gasteiger partial charge in [-0.05, 0) is 79.8 Å². The minimum Gasteiger partial charge on any atom is -0.394 e. The Morgan fingerprint density at radius 2 is 1.77 bits per heavy atom. The maximum Gasteiger partial charge on any atom is 0.418 e. The Morgan fingerprint density at radius 1 is 1.00 bits per heavy atom. The normalized spacial score (nSPS) is 13.7. The summed E-state index contributed by atoms with van der Waals surface area (Å²) >= 11 is 0. The molecule has 5 rings (SSSR count). The molecule has 0 radical (unpaired) electrons. The summed E-state index contributed by atoms with van der Waals surface area (Å²) in [6.07, 6.45) is -1.03. The second-order valence-electron chi connectivity index (χ2n) is 10.4. The van der Waals surface area contributed by atoms with E-state index in [1.54, 1.807) is 24.3 Å². The van der Waals surface area contributed by atoms with Gasteiger partial charge in [-0.15, -0.1) is 5.10 Å². The molecule has 4 aromatic rings. The number of nitrogens with zero attached hydrogens (tertiary/aromatic N) is 4. The fraction of sp³-hybridized carbons (Fsp3) is 0.267. The first-order chi connectivity index (χ1) is 20.5. The minimum absolute atomic E-state index is 0.00822. The molecule has 2 aromatic heterocycles. The molecule has 1 saturated carbocycles. The molecule has 0 bridgehead atoms. The lowest BCUT2D eigenvalue weighted by Crippen LogP contribution is -2.19. The van der Waals surface area contributed by atoms with E-state index in [2.05, 4.69) is 36.1 Å². The number of rotatable bonds is 9.